The molecule has 3 aromatic rings. The summed E-state index contributed by atoms with van der Waals surface area (Å²) in [5.41, 5.74) is 4.38. The average molecular weight is 524 g/mol. The summed E-state index contributed by atoms with van der Waals surface area (Å²) < 4.78 is 43.5. The average Bonchev–Trinajstić information content (AvgIpc) is 2.91. The summed E-state index contributed by atoms with van der Waals surface area (Å²) >= 11 is 0. The Bertz CT molecular complexity index is 1290. The zero-order valence-corrected chi connectivity index (χ0v) is 21.9. The van der Waals surface area contributed by atoms with E-state index in [0.29, 0.717) is 38.4 Å². The molecule has 1 N–H and O–H groups in total. The predicted octanol–water partition coefficient (Wildman–Crippen LogP) is 5.48. The smallest absolute Gasteiger partial charge is 0.264 e. The standard InChI is InChI=1S/C29H33NO6S/c1-2-3-4-5-18-37(32,33)30-29(31)25-12-8-23(9-13-25)21-34-20-22-6-10-24(11-7-22)26-14-15-27-28(19-26)36-17-16-35-27/h6-15,19H,2-5,16-18,20-21H2,1H3,(H,30,31). The lowest BCUT2D eigenvalue weighted by molar-refractivity contribution is 0.0980. The number of carbonyl (C=O) groups excluding carboxylic acids is 1. The molecule has 1 aliphatic heterocycles. The number of unbranched alkanes of at least 4 members (excludes halogenated alkanes) is 3. The maximum atomic E-state index is 12.3. The summed E-state index contributed by atoms with van der Waals surface area (Å²) in [6.07, 6.45) is 3.40. The van der Waals surface area contributed by atoms with Gasteiger partial charge in [-0.05, 0) is 52.9 Å². The third-order valence-corrected chi connectivity index (χ3v) is 7.42. The molecule has 0 aliphatic carbocycles. The van der Waals surface area contributed by atoms with Crippen molar-refractivity contribution in [2.24, 2.45) is 0 Å². The van der Waals surface area contributed by atoms with E-state index in [-0.39, 0.29) is 5.75 Å². The van der Waals surface area contributed by atoms with Crippen LogP contribution in [0.5, 0.6) is 11.5 Å². The van der Waals surface area contributed by atoms with E-state index >= 15 is 0 Å². The minimum absolute atomic E-state index is 0.0394. The molecule has 1 heterocycles. The second kappa shape index (κ2) is 12.7. The van der Waals surface area contributed by atoms with Gasteiger partial charge in [-0.25, -0.2) is 13.1 Å². The van der Waals surface area contributed by atoms with Crippen LogP contribution in [0, 0.1) is 0 Å². The van der Waals surface area contributed by atoms with Gasteiger partial charge in [-0.1, -0.05) is 68.7 Å². The molecular weight excluding hydrogens is 490 g/mol. The Hall–Kier alpha value is -3.36. The predicted molar refractivity (Wildman–Crippen MR) is 143 cm³/mol. The van der Waals surface area contributed by atoms with Crippen molar-refractivity contribution in [3.05, 3.63) is 83.4 Å². The van der Waals surface area contributed by atoms with Crippen molar-refractivity contribution < 1.29 is 27.4 Å². The molecule has 0 aromatic heterocycles. The molecule has 0 radical (unpaired) electrons. The molecule has 0 atom stereocenters. The van der Waals surface area contributed by atoms with Crippen molar-refractivity contribution in [3.63, 3.8) is 0 Å². The first-order valence-corrected chi connectivity index (χ1v) is 14.3. The highest BCUT2D eigenvalue weighted by molar-refractivity contribution is 7.90. The lowest BCUT2D eigenvalue weighted by Crippen LogP contribution is -2.32. The Labute approximate surface area is 218 Å². The van der Waals surface area contributed by atoms with Crippen LogP contribution in [-0.4, -0.2) is 33.3 Å². The van der Waals surface area contributed by atoms with Crippen molar-refractivity contribution in [1.82, 2.24) is 4.72 Å². The molecule has 1 aliphatic rings. The molecule has 0 unspecified atom stereocenters. The third kappa shape index (κ3) is 7.81. The highest BCUT2D eigenvalue weighted by Gasteiger charge is 2.16. The van der Waals surface area contributed by atoms with E-state index in [0.717, 1.165) is 53.0 Å². The van der Waals surface area contributed by atoms with E-state index in [9.17, 15) is 13.2 Å². The molecular formula is C29H33NO6S. The van der Waals surface area contributed by atoms with Gasteiger partial charge in [0.05, 0.1) is 19.0 Å². The number of ether oxygens (including phenoxy) is 3. The topological polar surface area (TPSA) is 90.9 Å². The van der Waals surface area contributed by atoms with E-state index in [1.807, 2.05) is 30.3 Å². The Morgan fingerprint density at radius 3 is 2.11 bits per heavy atom. The number of fused-ring (bicyclic) bond motifs is 1. The normalized spacial score (nSPS) is 12.8. The van der Waals surface area contributed by atoms with Crippen LogP contribution in [-0.2, 0) is 28.0 Å². The van der Waals surface area contributed by atoms with E-state index in [2.05, 4.69) is 23.8 Å². The Kier molecular flexibility index (Phi) is 9.19. The van der Waals surface area contributed by atoms with Gasteiger partial charge in [0.15, 0.2) is 11.5 Å². The molecule has 7 nitrogen and oxygen atoms in total. The summed E-state index contributed by atoms with van der Waals surface area (Å²) in [4.78, 5) is 12.3. The number of carbonyl (C=O) groups is 1. The maximum absolute atomic E-state index is 12.3. The summed E-state index contributed by atoms with van der Waals surface area (Å²) in [6, 6.07) is 20.9. The number of nitrogens with one attached hydrogen (secondary N) is 1. The van der Waals surface area contributed by atoms with Crippen LogP contribution >= 0.6 is 0 Å². The van der Waals surface area contributed by atoms with Crippen LogP contribution in [0.15, 0.2) is 66.7 Å². The lowest BCUT2D eigenvalue weighted by atomic mass is 10.0. The van der Waals surface area contributed by atoms with E-state index < -0.39 is 15.9 Å². The zero-order valence-electron chi connectivity index (χ0n) is 21.1. The number of amides is 1. The highest BCUT2D eigenvalue weighted by atomic mass is 32.2. The monoisotopic (exact) mass is 523 g/mol. The number of rotatable bonds is 12. The van der Waals surface area contributed by atoms with E-state index in [1.165, 1.54) is 0 Å². The molecule has 4 rings (SSSR count). The Morgan fingerprint density at radius 2 is 1.43 bits per heavy atom. The van der Waals surface area contributed by atoms with Crippen LogP contribution in [0.2, 0.25) is 0 Å². The van der Waals surface area contributed by atoms with Gasteiger partial charge in [-0.15, -0.1) is 0 Å². The second-order valence-corrected chi connectivity index (χ2v) is 10.9. The van der Waals surface area contributed by atoms with Gasteiger partial charge in [0.25, 0.3) is 5.91 Å². The van der Waals surface area contributed by atoms with Gasteiger partial charge in [0.2, 0.25) is 10.0 Å². The van der Waals surface area contributed by atoms with Crippen molar-refractivity contribution in [2.45, 2.75) is 45.8 Å². The maximum Gasteiger partial charge on any atom is 0.264 e. The molecule has 8 heteroatoms. The van der Waals surface area contributed by atoms with Crippen LogP contribution < -0.4 is 14.2 Å². The summed E-state index contributed by atoms with van der Waals surface area (Å²) in [7, 11) is -3.63. The van der Waals surface area contributed by atoms with Crippen molar-refractivity contribution in [2.75, 3.05) is 19.0 Å². The first-order valence-electron chi connectivity index (χ1n) is 12.6. The van der Waals surface area contributed by atoms with Crippen LogP contribution in [0.25, 0.3) is 11.1 Å². The molecule has 1 amide bonds. The molecule has 0 spiro atoms. The number of benzene rings is 3. The zero-order chi connectivity index (χ0) is 26.1. The summed E-state index contributed by atoms with van der Waals surface area (Å²) in [5.74, 6) is 0.892. The fourth-order valence-electron chi connectivity index (χ4n) is 4.03. The van der Waals surface area contributed by atoms with Crippen LogP contribution in [0.4, 0.5) is 0 Å². The molecule has 196 valence electrons. The van der Waals surface area contributed by atoms with Gasteiger partial charge in [-0.3, -0.25) is 4.79 Å². The summed E-state index contributed by atoms with van der Waals surface area (Å²) in [6.45, 7) is 4.02. The van der Waals surface area contributed by atoms with Gasteiger partial charge >= 0.3 is 0 Å². The highest BCUT2D eigenvalue weighted by Crippen LogP contribution is 2.34. The fourth-order valence-corrected chi connectivity index (χ4v) is 5.11. The van der Waals surface area contributed by atoms with Crippen molar-refractivity contribution in [1.29, 1.82) is 0 Å². The lowest BCUT2D eigenvalue weighted by Gasteiger charge is -2.19. The van der Waals surface area contributed by atoms with Gasteiger partial charge < -0.3 is 14.2 Å². The minimum Gasteiger partial charge on any atom is -0.486 e. The first-order chi connectivity index (χ1) is 17.9. The molecule has 0 bridgehead atoms. The number of sulfonamides is 1. The molecule has 3 aromatic carbocycles. The first kappa shape index (κ1) is 26.7. The molecule has 37 heavy (non-hydrogen) atoms. The van der Waals surface area contributed by atoms with Crippen molar-refractivity contribution >= 4 is 15.9 Å². The van der Waals surface area contributed by atoms with Gasteiger partial charge in [0.1, 0.15) is 13.2 Å². The molecule has 0 saturated carbocycles. The van der Waals surface area contributed by atoms with E-state index in [1.54, 1.807) is 24.3 Å². The number of hydrogen-bond acceptors (Lipinski definition) is 6. The largest absolute Gasteiger partial charge is 0.486 e. The Balaban J connectivity index is 1.24. The fraction of sp³-hybridized carbons (Fsp3) is 0.345. The molecule has 0 fully saturated rings. The second-order valence-electron chi connectivity index (χ2n) is 9.06. The Morgan fingerprint density at radius 1 is 0.811 bits per heavy atom. The summed E-state index contributed by atoms with van der Waals surface area (Å²) in [5, 5.41) is 0. The third-order valence-electron chi connectivity index (χ3n) is 6.10. The van der Waals surface area contributed by atoms with Crippen LogP contribution in [0.3, 0.4) is 0 Å². The quantitative estimate of drug-likeness (QED) is 0.316. The SMILES string of the molecule is CCCCCCS(=O)(=O)NC(=O)c1ccc(COCc2ccc(-c3ccc4c(c3)OCCO4)cc2)cc1. The van der Waals surface area contributed by atoms with Crippen molar-refractivity contribution in [3.8, 4) is 22.6 Å². The van der Waals surface area contributed by atoms with Gasteiger partial charge in [0, 0.05) is 5.56 Å². The minimum atomic E-state index is -3.63. The van der Waals surface area contributed by atoms with Crippen LogP contribution in [0.1, 0.15) is 54.1 Å². The van der Waals surface area contributed by atoms with Gasteiger partial charge in [-0.2, -0.15) is 0 Å². The molecule has 0 saturated heterocycles. The number of hydrogen-bond donors (Lipinski definition) is 1. The van der Waals surface area contributed by atoms with E-state index in [4.69, 9.17) is 14.2 Å².